The lowest BCUT2D eigenvalue weighted by atomic mass is 10.1. The predicted octanol–water partition coefficient (Wildman–Crippen LogP) is 3.99. The van der Waals surface area contributed by atoms with Crippen LogP contribution in [0.25, 0.3) is 0 Å². The molecule has 0 aliphatic heterocycles. The first-order chi connectivity index (χ1) is 11.5. The maximum absolute atomic E-state index is 13.6. The van der Waals surface area contributed by atoms with Gasteiger partial charge in [0.25, 0.3) is 0 Å². The number of benzene rings is 2. The summed E-state index contributed by atoms with van der Waals surface area (Å²) in [5, 5.41) is 0. The maximum Gasteiger partial charge on any atom is 0.234 e. The molecule has 2 aromatic carbocycles. The van der Waals surface area contributed by atoms with Crippen LogP contribution in [-0.2, 0) is 29.2 Å². The topological polar surface area (TPSA) is 38.7 Å². The van der Waals surface area contributed by atoms with Crippen molar-refractivity contribution in [2.24, 2.45) is 4.99 Å². The minimum Gasteiger partial charge on any atom is -0.372 e. The van der Waals surface area contributed by atoms with E-state index in [9.17, 15) is 18.0 Å². The van der Waals surface area contributed by atoms with Crippen LogP contribution in [0.1, 0.15) is 16.7 Å². The lowest BCUT2D eigenvalue weighted by Crippen LogP contribution is -2.02. The molecule has 0 amide bonds. The van der Waals surface area contributed by atoms with Crippen molar-refractivity contribution in [2.75, 3.05) is 6.54 Å². The SMILES string of the molecule is O=C=NCCc1ccc(S)cc1COCc1cc(F)c(F)cc1F. The summed E-state index contributed by atoms with van der Waals surface area (Å²) in [4.78, 5) is 14.3. The van der Waals surface area contributed by atoms with Gasteiger partial charge in [0.1, 0.15) is 5.82 Å². The zero-order valence-electron chi connectivity index (χ0n) is 12.6. The molecule has 2 rings (SSSR count). The Morgan fingerprint density at radius 3 is 2.42 bits per heavy atom. The van der Waals surface area contributed by atoms with E-state index in [0.717, 1.165) is 22.1 Å². The Hall–Kier alpha value is -2.08. The molecular weight excluding hydrogens is 339 g/mol. The molecule has 3 nitrogen and oxygen atoms in total. The minimum atomic E-state index is -1.24. The van der Waals surface area contributed by atoms with Crippen LogP contribution >= 0.6 is 12.6 Å². The molecule has 0 heterocycles. The zero-order valence-corrected chi connectivity index (χ0v) is 13.5. The second kappa shape index (κ2) is 8.68. The predicted molar refractivity (Wildman–Crippen MR) is 85.2 cm³/mol. The number of halogens is 3. The van der Waals surface area contributed by atoms with E-state index in [1.807, 2.05) is 6.07 Å². The molecule has 126 valence electrons. The van der Waals surface area contributed by atoms with Crippen LogP contribution in [0.5, 0.6) is 0 Å². The first-order valence-electron chi connectivity index (χ1n) is 7.07. The number of aliphatic imine (C=N–C) groups is 1. The summed E-state index contributed by atoms with van der Waals surface area (Å²) in [6.07, 6.45) is 1.99. The molecular formula is C17H14F3NO2S. The van der Waals surface area contributed by atoms with Crippen molar-refractivity contribution in [1.82, 2.24) is 0 Å². The Morgan fingerprint density at radius 1 is 0.958 bits per heavy atom. The van der Waals surface area contributed by atoms with Crippen molar-refractivity contribution in [3.63, 3.8) is 0 Å². The van der Waals surface area contributed by atoms with Crippen molar-refractivity contribution in [3.05, 3.63) is 64.5 Å². The van der Waals surface area contributed by atoms with Crippen LogP contribution in [-0.4, -0.2) is 12.6 Å². The summed E-state index contributed by atoms with van der Waals surface area (Å²) in [7, 11) is 0. The van der Waals surface area contributed by atoms with Gasteiger partial charge in [-0.15, -0.1) is 12.6 Å². The van der Waals surface area contributed by atoms with Gasteiger partial charge in [-0.3, -0.25) is 0 Å². The quantitative estimate of drug-likeness (QED) is 0.354. The second-order valence-electron chi connectivity index (χ2n) is 5.03. The summed E-state index contributed by atoms with van der Waals surface area (Å²) < 4.78 is 45.0. The summed E-state index contributed by atoms with van der Waals surface area (Å²) in [5.74, 6) is -3.23. The van der Waals surface area contributed by atoms with Gasteiger partial charge in [0.2, 0.25) is 6.08 Å². The summed E-state index contributed by atoms with van der Waals surface area (Å²) in [6.45, 7) is 0.221. The molecule has 24 heavy (non-hydrogen) atoms. The van der Waals surface area contributed by atoms with Crippen molar-refractivity contribution in [3.8, 4) is 0 Å². The van der Waals surface area contributed by atoms with E-state index in [1.54, 1.807) is 12.1 Å². The van der Waals surface area contributed by atoms with Crippen molar-refractivity contribution < 1.29 is 22.7 Å². The summed E-state index contributed by atoms with van der Waals surface area (Å²) in [6, 6.07) is 6.68. The molecule has 0 aliphatic rings. The van der Waals surface area contributed by atoms with Crippen LogP contribution in [0.15, 0.2) is 40.2 Å². The zero-order chi connectivity index (χ0) is 17.5. The molecule has 7 heteroatoms. The van der Waals surface area contributed by atoms with Gasteiger partial charge >= 0.3 is 0 Å². The lowest BCUT2D eigenvalue weighted by Gasteiger charge is -2.11. The van der Waals surface area contributed by atoms with Crippen molar-refractivity contribution in [1.29, 1.82) is 0 Å². The fourth-order valence-corrected chi connectivity index (χ4v) is 2.39. The number of carbonyl (C=O) groups excluding carboxylic acids is 1. The first kappa shape index (κ1) is 18.3. The molecule has 0 N–H and O–H groups in total. The second-order valence-corrected chi connectivity index (χ2v) is 5.54. The van der Waals surface area contributed by atoms with Crippen LogP contribution < -0.4 is 0 Å². The highest BCUT2D eigenvalue weighted by Crippen LogP contribution is 2.19. The molecule has 2 aromatic rings. The third-order valence-corrected chi connectivity index (χ3v) is 3.63. The van der Waals surface area contributed by atoms with Gasteiger partial charge in [0, 0.05) is 16.5 Å². The largest absolute Gasteiger partial charge is 0.372 e. The van der Waals surface area contributed by atoms with Gasteiger partial charge < -0.3 is 4.74 Å². The number of hydrogen-bond acceptors (Lipinski definition) is 4. The number of thiol groups is 1. The number of nitrogens with zero attached hydrogens (tertiary/aromatic N) is 1. The van der Waals surface area contributed by atoms with Crippen LogP contribution in [0.4, 0.5) is 13.2 Å². The number of isocyanates is 1. The molecule has 0 unspecified atom stereocenters. The third kappa shape index (κ3) is 4.96. The number of hydrogen-bond donors (Lipinski definition) is 1. The van der Waals surface area contributed by atoms with Gasteiger partial charge in [0.15, 0.2) is 11.6 Å². The Kier molecular flexibility index (Phi) is 6.61. The van der Waals surface area contributed by atoms with Gasteiger partial charge in [-0.05, 0) is 35.7 Å². The summed E-state index contributed by atoms with van der Waals surface area (Å²) >= 11 is 4.25. The molecule has 0 spiro atoms. The fraction of sp³-hybridized carbons (Fsp3) is 0.235. The van der Waals surface area contributed by atoms with E-state index in [2.05, 4.69) is 17.6 Å². The molecule has 0 aromatic heterocycles. The molecule has 0 radical (unpaired) electrons. The van der Waals surface area contributed by atoms with E-state index < -0.39 is 17.5 Å². The highest BCUT2D eigenvalue weighted by molar-refractivity contribution is 7.80. The Labute approximate surface area is 142 Å². The maximum atomic E-state index is 13.6. The standard InChI is InChI=1S/C17H14F3NO2S/c18-15-7-17(20)16(19)6-13(15)9-23-8-12-5-14(24)2-1-11(12)3-4-21-10-22/h1-2,5-7,24H,3-4,8-9H2. The van der Waals surface area contributed by atoms with Crippen LogP contribution in [0.2, 0.25) is 0 Å². The van der Waals surface area contributed by atoms with E-state index in [1.165, 1.54) is 6.08 Å². The van der Waals surface area contributed by atoms with Gasteiger partial charge in [0.05, 0.1) is 19.8 Å². The summed E-state index contributed by atoms with van der Waals surface area (Å²) in [5.41, 5.74) is 1.63. The fourth-order valence-electron chi connectivity index (χ4n) is 2.16. The smallest absolute Gasteiger partial charge is 0.234 e. The van der Waals surface area contributed by atoms with Crippen molar-refractivity contribution >= 4 is 18.7 Å². The number of rotatable bonds is 7. The molecule has 0 saturated carbocycles. The average Bonchev–Trinajstić information content (AvgIpc) is 2.54. The molecule has 0 bridgehead atoms. The van der Waals surface area contributed by atoms with E-state index in [-0.39, 0.29) is 18.8 Å². The van der Waals surface area contributed by atoms with E-state index in [4.69, 9.17) is 4.74 Å². The minimum absolute atomic E-state index is 0.0666. The average molecular weight is 353 g/mol. The third-order valence-electron chi connectivity index (χ3n) is 3.35. The van der Waals surface area contributed by atoms with E-state index >= 15 is 0 Å². The first-order valence-corrected chi connectivity index (χ1v) is 7.51. The van der Waals surface area contributed by atoms with Gasteiger partial charge in [-0.25, -0.2) is 23.0 Å². The normalized spacial score (nSPS) is 10.5. The van der Waals surface area contributed by atoms with Crippen LogP contribution in [0, 0.1) is 17.5 Å². The molecule has 0 saturated heterocycles. The monoisotopic (exact) mass is 353 g/mol. The molecule has 0 atom stereocenters. The highest BCUT2D eigenvalue weighted by atomic mass is 32.1. The Morgan fingerprint density at radius 2 is 1.67 bits per heavy atom. The van der Waals surface area contributed by atoms with Gasteiger partial charge in [-0.1, -0.05) is 6.07 Å². The van der Waals surface area contributed by atoms with Crippen molar-refractivity contribution in [2.45, 2.75) is 24.5 Å². The lowest BCUT2D eigenvalue weighted by molar-refractivity contribution is 0.104. The number of ether oxygens (including phenoxy) is 1. The van der Waals surface area contributed by atoms with E-state index in [0.29, 0.717) is 19.0 Å². The highest BCUT2D eigenvalue weighted by Gasteiger charge is 2.10. The van der Waals surface area contributed by atoms with Crippen LogP contribution in [0.3, 0.4) is 0 Å². The Bertz CT molecular complexity index is 777. The van der Waals surface area contributed by atoms with Gasteiger partial charge in [-0.2, -0.15) is 0 Å². The molecule has 0 aliphatic carbocycles. The Balaban J connectivity index is 2.04. The molecule has 0 fully saturated rings.